The van der Waals surface area contributed by atoms with Crippen molar-refractivity contribution >= 4 is 23.2 Å². The summed E-state index contributed by atoms with van der Waals surface area (Å²) in [5, 5.41) is 4.79. The molecule has 1 aliphatic rings. The minimum Gasteiger partial charge on any atom is -0.454 e. The summed E-state index contributed by atoms with van der Waals surface area (Å²) in [6, 6.07) is 4.71. The van der Waals surface area contributed by atoms with Crippen molar-refractivity contribution in [3.63, 3.8) is 0 Å². The molecule has 2 heterocycles. The van der Waals surface area contributed by atoms with E-state index in [2.05, 4.69) is 10.3 Å². The molecular weight excluding hydrogens is 306 g/mol. The van der Waals surface area contributed by atoms with Gasteiger partial charge in [-0.2, -0.15) is 0 Å². The molecule has 0 bridgehead atoms. The van der Waals surface area contributed by atoms with Crippen LogP contribution in [-0.4, -0.2) is 29.6 Å². The van der Waals surface area contributed by atoms with Crippen molar-refractivity contribution in [2.45, 2.75) is 13.0 Å². The Morgan fingerprint density at radius 1 is 1.36 bits per heavy atom. The van der Waals surface area contributed by atoms with E-state index in [4.69, 9.17) is 15.2 Å². The molecule has 2 amide bonds. The van der Waals surface area contributed by atoms with E-state index in [1.165, 1.54) is 18.3 Å². The Morgan fingerprint density at radius 2 is 2.14 bits per heavy atom. The zero-order valence-corrected chi connectivity index (χ0v) is 12.5. The number of fused-ring (bicyclic) bond motifs is 1. The molecular formula is C14H13N3O4S. The van der Waals surface area contributed by atoms with Crippen LogP contribution in [0, 0.1) is 0 Å². The van der Waals surface area contributed by atoms with Gasteiger partial charge in [0.1, 0.15) is 16.7 Å². The van der Waals surface area contributed by atoms with E-state index in [-0.39, 0.29) is 12.5 Å². The van der Waals surface area contributed by atoms with E-state index >= 15 is 0 Å². The number of hydrogen-bond donors (Lipinski definition) is 2. The summed E-state index contributed by atoms with van der Waals surface area (Å²) in [7, 11) is 0. The highest BCUT2D eigenvalue weighted by molar-refractivity contribution is 7.13. The van der Waals surface area contributed by atoms with Crippen molar-refractivity contribution in [3.8, 4) is 22.1 Å². The Balaban J connectivity index is 1.79. The molecule has 0 radical (unpaired) electrons. The molecule has 22 heavy (non-hydrogen) atoms. The van der Waals surface area contributed by atoms with Gasteiger partial charge >= 0.3 is 0 Å². The number of nitrogens with two attached hydrogens (primary N) is 1. The number of nitrogens with zero attached hydrogens (tertiary/aromatic N) is 1. The van der Waals surface area contributed by atoms with Gasteiger partial charge in [0.25, 0.3) is 5.91 Å². The number of carbonyl (C=O) groups excluding carboxylic acids is 2. The van der Waals surface area contributed by atoms with E-state index in [0.29, 0.717) is 16.5 Å². The second-order valence-electron chi connectivity index (χ2n) is 4.70. The van der Waals surface area contributed by atoms with Crippen molar-refractivity contribution in [1.82, 2.24) is 10.3 Å². The van der Waals surface area contributed by atoms with Gasteiger partial charge in [0.05, 0.1) is 0 Å². The van der Waals surface area contributed by atoms with Gasteiger partial charge < -0.3 is 20.5 Å². The summed E-state index contributed by atoms with van der Waals surface area (Å²) < 4.78 is 10.6. The third-order valence-corrected chi connectivity index (χ3v) is 4.02. The molecule has 8 heteroatoms. The molecule has 1 atom stereocenters. The monoisotopic (exact) mass is 319 g/mol. The first-order chi connectivity index (χ1) is 10.5. The summed E-state index contributed by atoms with van der Waals surface area (Å²) in [5.74, 6) is 0.309. The number of aromatic nitrogens is 1. The van der Waals surface area contributed by atoms with Gasteiger partial charge in [-0.05, 0) is 25.1 Å². The quantitative estimate of drug-likeness (QED) is 0.879. The van der Waals surface area contributed by atoms with Crippen LogP contribution < -0.4 is 20.5 Å². The number of carbonyl (C=O) groups is 2. The average Bonchev–Trinajstić information content (AvgIpc) is 3.15. The second kappa shape index (κ2) is 5.64. The fraction of sp³-hybridized carbons (Fsp3) is 0.214. The molecule has 0 unspecified atom stereocenters. The van der Waals surface area contributed by atoms with Gasteiger partial charge in [-0.3, -0.25) is 9.59 Å². The number of hydrogen-bond acceptors (Lipinski definition) is 6. The zero-order valence-electron chi connectivity index (χ0n) is 11.7. The van der Waals surface area contributed by atoms with Gasteiger partial charge in [-0.15, -0.1) is 11.3 Å². The van der Waals surface area contributed by atoms with Crippen molar-refractivity contribution in [3.05, 3.63) is 29.3 Å². The predicted molar refractivity (Wildman–Crippen MR) is 79.8 cm³/mol. The fourth-order valence-electron chi connectivity index (χ4n) is 1.88. The fourth-order valence-corrected chi connectivity index (χ4v) is 2.68. The minimum atomic E-state index is -0.747. The van der Waals surface area contributed by atoms with Crippen LogP contribution >= 0.6 is 11.3 Å². The number of benzene rings is 1. The first-order valence-corrected chi connectivity index (χ1v) is 7.38. The smallest absolute Gasteiger partial charge is 0.271 e. The maximum Gasteiger partial charge on any atom is 0.271 e. The largest absolute Gasteiger partial charge is 0.454 e. The molecule has 7 nitrogen and oxygen atoms in total. The lowest BCUT2D eigenvalue weighted by Crippen LogP contribution is -2.42. The van der Waals surface area contributed by atoms with Crippen LogP contribution in [0.2, 0.25) is 0 Å². The summed E-state index contributed by atoms with van der Waals surface area (Å²) in [6.07, 6.45) is 0. The minimum absolute atomic E-state index is 0.204. The molecule has 0 aliphatic carbocycles. The van der Waals surface area contributed by atoms with E-state index in [0.717, 1.165) is 5.56 Å². The second-order valence-corrected chi connectivity index (χ2v) is 5.56. The van der Waals surface area contributed by atoms with Gasteiger partial charge in [-0.25, -0.2) is 4.98 Å². The predicted octanol–water partition coefficient (Wildman–Crippen LogP) is 1.14. The van der Waals surface area contributed by atoms with Gasteiger partial charge in [0.15, 0.2) is 11.5 Å². The number of thiazole rings is 1. The lowest BCUT2D eigenvalue weighted by Gasteiger charge is -2.07. The van der Waals surface area contributed by atoms with Crippen LogP contribution in [0.4, 0.5) is 0 Å². The summed E-state index contributed by atoms with van der Waals surface area (Å²) in [6.45, 7) is 1.72. The summed E-state index contributed by atoms with van der Waals surface area (Å²) in [5.41, 5.74) is 6.18. The third kappa shape index (κ3) is 2.73. The number of nitrogens with one attached hydrogen (secondary N) is 1. The summed E-state index contributed by atoms with van der Waals surface area (Å²) >= 11 is 1.33. The molecule has 0 saturated heterocycles. The maximum atomic E-state index is 12.0. The Labute approximate surface area is 130 Å². The third-order valence-electron chi connectivity index (χ3n) is 3.13. The van der Waals surface area contributed by atoms with E-state index in [1.807, 2.05) is 12.1 Å². The van der Waals surface area contributed by atoms with E-state index < -0.39 is 17.9 Å². The highest BCUT2D eigenvalue weighted by Gasteiger charge is 2.18. The maximum absolute atomic E-state index is 12.0. The van der Waals surface area contributed by atoms with Gasteiger partial charge in [0, 0.05) is 10.9 Å². The van der Waals surface area contributed by atoms with Crippen LogP contribution in [0.3, 0.4) is 0 Å². The first kappa shape index (κ1) is 14.3. The number of primary amides is 1. The molecule has 2 aromatic rings. The molecule has 1 aromatic heterocycles. The molecule has 114 valence electrons. The van der Waals surface area contributed by atoms with Crippen molar-refractivity contribution < 1.29 is 19.1 Å². The molecule has 3 rings (SSSR count). The number of amides is 2. The Kier molecular flexibility index (Phi) is 3.68. The SMILES string of the molecule is C[C@H](NC(=O)c1csc(-c2ccc3c(c2)OCO3)n1)C(N)=O. The van der Waals surface area contributed by atoms with Crippen LogP contribution in [0.15, 0.2) is 23.6 Å². The molecule has 1 aromatic carbocycles. The Morgan fingerprint density at radius 3 is 2.91 bits per heavy atom. The molecule has 0 fully saturated rings. The average molecular weight is 319 g/mol. The lowest BCUT2D eigenvalue weighted by atomic mass is 10.2. The normalized spacial score (nSPS) is 13.7. The van der Waals surface area contributed by atoms with E-state index in [9.17, 15) is 9.59 Å². The van der Waals surface area contributed by atoms with Gasteiger partial charge in [0.2, 0.25) is 12.7 Å². The van der Waals surface area contributed by atoms with Crippen LogP contribution in [0.5, 0.6) is 11.5 Å². The van der Waals surface area contributed by atoms with Crippen LogP contribution in [-0.2, 0) is 4.79 Å². The first-order valence-electron chi connectivity index (χ1n) is 6.50. The van der Waals surface area contributed by atoms with Crippen molar-refractivity contribution in [1.29, 1.82) is 0 Å². The highest BCUT2D eigenvalue weighted by Crippen LogP contribution is 2.36. The number of rotatable bonds is 4. The molecule has 1 aliphatic heterocycles. The lowest BCUT2D eigenvalue weighted by molar-refractivity contribution is -0.119. The van der Waals surface area contributed by atoms with Crippen molar-refractivity contribution in [2.75, 3.05) is 6.79 Å². The topological polar surface area (TPSA) is 104 Å². The number of ether oxygens (including phenoxy) is 2. The highest BCUT2D eigenvalue weighted by atomic mass is 32.1. The van der Waals surface area contributed by atoms with Gasteiger partial charge in [-0.1, -0.05) is 0 Å². The molecule has 0 spiro atoms. The Hall–Kier alpha value is -2.61. The van der Waals surface area contributed by atoms with Crippen molar-refractivity contribution in [2.24, 2.45) is 5.73 Å². The standard InChI is InChI=1S/C14H13N3O4S/c1-7(12(15)18)16-13(19)9-5-22-14(17-9)8-2-3-10-11(4-8)21-6-20-10/h2-5,7H,6H2,1H3,(H2,15,18)(H,16,19)/t7-/m0/s1. The van der Waals surface area contributed by atoms with Crippen LogP contribution in [0.25, 0.3) is 10.6 Å². The molecule has 0 saturated carbocycles. The zero-order chi connectivity index (χ0) is 15.7. The van der Waals surface area contributed by atoms with E-state index in [1.54, 1.807) is 11.4 Å². The molecule has 3 N–H and O–H groups in total. The van der Waals surface area contributed by atoms with Crippen LogP contribution in [0.1, 0.15) is 17.4 Å². The summed E-state index contributed by atoms with van der Waals surface area (Å²) in [4.78, 5) is 27.2. The Bertz CT molecular complexity index is 743.